The van der Waals surface area contributed by atoms with E-state index in [-0.39, 0.29) is 12.8 Å². The van der Waals surface area contributed by atoms with E-state index in [1.54, 1.807) is 18.2 Å². The topological polar surface area (TPSA) is 93.7 Å². The Morgan fingerprint density at radius 1 is 1.10 bits per heavy atom. The average molecular weight is 407 g/mol. The van der Waals surface area contributed by atoms with Crippen LogP contribution in [0.25, 0.3) is 0 Å². The lowest BCUT2D eigenvalue weighted by Gasteiger charge is -2.36. The van der Waals surface area contributed by atoms with Crippen LogP contribution in [-0.2, 0) is 17.3 Å². The summed E-state index contributed by atoms with van der Waals surface area (Å²) in [7, 11) is 0. The van der Waals surface area contributed by atoms with Gasteiger partial charge in [0.1, 0.15) is 12.2 Å². The smallest absolute Gasteiger partial charge is 0.394 e. The lowest BCUT2D eigenvalue weighted by molar-refractivity contribution is -0.181. The van der Waals surface area contributed by atoms with Gasteiger partial charge in [0.15, 0.2) is 0 Å². The molecule has 0 radical (unpaired) electrons. The minimum Gasteiger partial charge on any atom is -0.394 e. The third kappa shape index (κ3) is 4.77. The van der Waals surface area contributed by atoms with Gasteiger partial charge in [-0.3, -0.25) is 0 Å². The highest BCUT2D eigenvalue weighted by Crippen LogP contribution is 2.33. The van der Waals surface area contributed by atoms with Crippen molar-refractivity contribution in [2.45, 2.75) is 43.4 Å². The molecule has 4 atom stereocenters. The van der Waals surface area contributed by atoms with Crippen LogP contribution in [-0.4, -0.2) is 40.2 Å². The van der Waals surface area contributed by atoms with E-state index in [0.29, 0.717) is 22.3 Å². The minimum atomic E-state index is -4.41. The zero-order valence-electron chi connectivity index (χ0n) is 15.3. The largest absolute Gasteiger partial charge is 0.416 e. The molecule has 0 aliphatic carbocycles. The van der Waals surface area contributed by atoms with Gasteiger partial charge in [0, 0.05) is 6.42 Å². The Morgan fingerprint density at radius 2 is 1.79 bits per heavy atom. The van der Waals surface area contributed by atoms with Gasteiger partial charge in [0.25, 0.3) is 0 Å². The molecule has 1 saturated heterocycles. The predicted octanol–water partition coefficient (Wildman–Crippen LogP) is 2.71. The van der Waals surface area contributed by atoms with Crippen molar-refractivity contribution in [2.24, 2.45) is 0 Å². The maximum Gasteiger partial charge on any atom is 0.416 e. The van der Waals surface area contributed by atoms with Gasteiger partial charge < -0.3 is 20.1 Å². The molecule has 154 valence electrons. The summed E-state index contributed by atoms with van der Waals surface area (Å²) in [4.78, 5) is 0. The van der Waals surface area contributed by atoms with Crippen LogP contribution in [0.5, 0.6) is 0 Å². The van der Waals surface area contributed by atoms with Crippen LogP contribution in [0.15, 0.2) is 42.5 Å². The van der Waals surface area contributed by atoms with Crippen molar-refractivity contribution < 1.29 is 33.2 Å². The monoisotopic (exact) mass is 407 g/mol. The van der Waals surface area contributed by atoms with Crippen molar-refractivity contribution in [3.8, 4) is 6.07 Å². The Kier molecular flexibility index (Phi) is 6.24. The van der Waals surface area contributed by atoms with E-state index in [1.807, 2.05) is 0 Å². The molecule has 0 amide bonds. The van der Waals surface area contributed by atoms with Crippen molar-refractivity contribution >= 4 is 0 Å². The van der Waals surface area contributed by atoms with Gasteiger partial charge in [-0.2, -0.15) is 18.4 Å². The third-order valence-corrected chi connectivity index (χ3v) is 5.05. The lowest BCUT2D eigenvalue weighted by atomic mass is 9.91. The number of rotatable bonds is 4. The van der Waals surface area contributed by atoms with E-state index in [4.69, 9.17) is 4.74 Å². The maximum absolute atomic E-state index is 12.7. The second-order valence-electron chi connectivity index (χ2n) is 7.04. The molecule has 3 N–H and O–H groups in total. The number of benzene rings is 2. The summed E-state index contributed by atoms with van der Waals surface area (Å²) in [5, 5.41) is 38.6. The first-order valence-electron chi connectivity index (χ1n) is 9.04. The first kappa shape index (κ1) is 21.3. The van der Waals surface area contributed by atoms with E-state index >= 15 is 0 Å². The summed E-state index contributed by atoms with van der Waals surface area (Å²) in [6.07, 6.45) is -7.84. The van der Waals surface area contributed by atoms with Crippen LogP contribution in [0.3, 0.4) is 0 Å². The maximum atomic E-state index is 12.7. The molecule has 0 aromatic heterocycles. The Labute approximate surface area is 165 Å². The number of alkyl halides is 3. The van der Waals surface area contributed by atoms with Crippen molar-refractivity contribution in [3.63, 3.8) is 0 Å². The van der Waals surface area contributed by atoms with Gasteiger partial charge in [0.05, 0.1) is 36.0 Å². The van der Waals surface area contributed by atoms with Gasteiger partial charge in [-0.15, -0.1) is 0 Å². The fourth-order valence-electron chi connectivity index (χ4n) is 3.42. The molecule has 0 spiro atoms. The molecular weight excluding hydrogens is 387 g/mol. The lowest BCUT2D eigenvalue weighted by Crippen LogP contribution is -2.47. The summed E-state index contributed by atoms with van der Waals surface area (Å²) >= 11 is 0. The van der Waals surface area contributed by atoms with Crippen LogP contribution in [0.2, 0.25) is 0 Å². The van der Waals surface area contributed by atoms with Crippen LogP contribution >= 0.6 is 0 Å². The molecule has 29 heavy (non-hydrogen) atoms. The molecule has 1 aliphatic heterocycles. The van der Waals surface area contributed by atoms with Gasteiger partial charge in [-0.1, -0.05) is 24.3 Å². The summed E-state index contributed by atoms with van der Waals surface area (Å²) in [6.45, 7) is -0.455. The number of ether oxygens (including phenoxy) is 1. The number of hydrogen-bond acceptors (Lipinski definition) is 5. The quantitative estimate of drug-likeness (QED) is 0.725. The van der Waals surface area contributed by atoms with Crippen molar-refractivity contribution in [3.05, 3.63) is 70.3 Å². The first-order chi connectivity index (χ1) is 13.7. The Bertz CT molecular complexity index is 892. The standard InChI is InChI=1S/C21H20F3NO4/c22-21(23,24)16-5-1-12(2-6-16)7-15-8-13(3-4-14(15)10-25)18-9-17(27)20(28)19(11-26)29-18/h1-6,8,17-20,26-28H,7,9,11H2/t17?,18-,19-,20?/m1/s1. The van der Waals surface area contributed by atoms with Gasteiger partial charge in [0.2, 0.25) is 0 Å². The van der Waals surface area contributed by atoms with E-state index in [1.165, 1.54) is 12.1 Å². The van der Waals surface area contributed by atoms with Crippen molar-refractivity contribution in [1.82, 2.24) is 0 Å². The predicted molar refractivity (Wildman–Crippen MR) is 96.7 cm³/mol. The van der Waals surface area contributed by atoms with Gasteiger partial charge in [-0.25, -0.2) is 0 Å². The number of aliphatic hydroxyl groups excluding tert-OH is 3. The van der Waals surface area contributed by atoms with Gasteiger partial charge in [-0.05, 0) is 41.3 Å². The summed E-state index contributed by atoms with van der Waals surface area (Å²) in [5.74, 6) is 0. The first-order valence-corrected chi connectivity index (χ1v) is 9.04. The molecule has 0 bridgehead atoms. The fraction of sp³-hybridized carbons (Fsp3) is 0.381. The second-order valence-corrected chi connectivity index (χ2v) is 7.04. The van der Waals surface area contributed by atoms with Gasteiger partial charge >= 0.3 is 6.18 Å². The minimum absolute atomic E-state index is 0.114. The molecule has 1 aliphatic rings. The van der Waals surface area contributed by atoms with E-state index < -0.39 is 42.8 Å². The SMILES string of the molecule is N#Cc1ccc([C@H]2CC(O)C(O)[C@@H](CO)O2)cc1Cc1ccc(C(F)(F)F)cc1. The average Bonchev–Trinajstić information content (AvgIpc) is 2.69. The zero-order chi connectivity index (χ0) is 21.2. The molecular formula is C21H20F3NO4. The fourth-order valence-corrected chi connectivity index (χ4v) is 3.42. The molecule has 5 nitrogen and oxygen atoms in total. The summed E-state index contributed by atoms with van der Waals surface area (Å²) in [5.41, 5.74) is 1.50. The molecule has 1 fully saturated rings. The number of aliphatic hydroxyl groups is 3. The summed E-state index contributed by atoms with van der Waals surface area (Å²) in [6, 6.07) is 11.8. The second kappa shape index (κ2) is 8.51. The Balaban J connectivity index is 1.85. The number of nitriles is 1. The molecule has 3 rings (SSSR count). The Hall–Kier alpha value is -2.44. The van der Waals surface area contributed by atoms with Crippen LogP contribution < -0.4 is 0 Å². The van der Waals surface area contributed by atoms with Crippen LogP contribution in [0.4, 0.5) is 13.2 Å². The normalized spacial score (nSPS) is 24.9. The molecule has 2 unspecified atom stereocenters. The van der Waals surface area contributed by atoms with Crippen molar-refractivity contribution in [2.75, 3.05) is 6.61 Å². The van der Waals surface area contributed by atoms with E-state index in [2.05, 4.69) is 6.07 Å². The highest BCUT2D eigenvalue weighted by molar-refractivity contribution is 5.44. The molecule has 1 heterocycles. The zero-order valence-corrected chi connectivity index (χ0v) is 15.3. The van der Waals surface area contributed by atoms with Crippen LogP contribution in [0, 0.1) is 11.3 Å². The third-order valence-electron chi connectivity index (χ3n) is 5.05. The van der Waals surface area contributed by atoms with Crippen molar-refractivity contribution in [1.29, 1.82) is 5.26 Å². The van der Waals surface area contributed by atoms with E-state index in [0.717, 1.165) is 12.1 Å². The summed E-state index contributed by atoms with van der Waals surface area (Å²) < 4.78 is 43.9. The number of nitrogens with zero attached hydrogens (tertiary/aromatic N) is 1. The van der Waals surface area contributed by atoms with E-state index in [9.17, 15) is 33.8 Å². The molecule has 8 heteroatoms. The number of halogens is 3. The molecule has 2 aromatic rings. The number of hydrogen-bond donors (Lipinski definition) is 3. The van der Waals surface area contributed by atoms with Crippen LogP contribution in [0.1, 0.15) is 40.3 Å². The highest BCUT2D eigenvalue weighted by atomic mass is 19.4. The molecule has 0 saturated carbocycles. The molecule has 2 aromatic carbocycles. The Morgan fingerprint density at radius 3 is 2.38 bits per heavy atom. The highest BCUT2D eigenvalue weighted by Gasteiger charge is 2.37.